The van der Waals surface area contributed by atoms with Gasteiger partial charge < -0.3 is 10.1 Å². The summed E-state index contributed by atoms with van der Waals surface area (Å²) < 4.78 is 5.22. The van der Waals surface area contributed by atoms with Crippen LogP contribution in [0.1, 0.15) is 27.8 Å². The summed E-state index contributed by atoms with van der Waals surface area (Å²) in [4.78, 5) is 16.8. The molecule has 0 aromatic heterocycles. The molecule has 1 heterocycles. The minimum Gasteiger partial charge on any atom is -0.497 e. The minimum absolute atomic E-state index is 0.188. The number of nitrogens with one attached hydrogen (secondary N) is 1. The zero-order valence-electron chi connectivity index (χ0n) is 14.3. The number of rotatable bonds is 3. The first-order valence-electron chi connectivity index (χ1n) is 7.82. The maximum absolute atomic E-state index is 12.3. The number of carbonyl (C=O) groups excluding carboxylic acids is 1. The fourth-order valence-electron chi connectivity index (χ4n) is 2.93. The van der Waals surface area contributed by atoms with Gasteiger partial charge in [-0.3, -0.25) is 4.79 Å². The van der Waals surface area contributed by atoms with E-state index in [0.717, 1.165) is 28.0 Å². The highest BCUT2D eigenvalue weighted by molar-refractivity contribution is 6.19. The molecule has 0 fully saturated rings. The third kappa shape index (κ3) is 3.08. The summed E-state index contributed by atoms with van der Waals surface area (Å²) in [6.07, 6.45) is 1.85. The van der Waals surface area contributed by atoms with Crippen molar-refractivity contribution in [2.45, 2.75) is 20.8 Å². The number of nitrogens with zero attached hydrogens (tertiary/aromatic N) is 1. The van der Waals surface area contributed by atoms with Gasteiger partial charge in [0.1, 0.15) is 17.3 Å². The standard InChI is InChI=1S/C20H20N2O2/c1-12-8-13(2)17(14(3)9-12)11-18-20(23)22-19(21-18)15-6-5-7-16(10-15)24-4/h5-11H,1-4H3,(H,21,22,23)/b18-11-. The Balaban J connectivity index is 2.00. The number of benzene rings is 2. The number of aryl methyl sites for hydroxylation is 3. The molecule has 0 saturated heterocycles. The molecule has 122 valence electrons. The van der Waals surface area contributed by atoms with Crippen molar-refractivity contribution in [2.24, 2.45) is 4.99 Å². The number of ether oxygens (including phenoxy) is 1. The SMILES string of the molecule is COc1cccc(C2=N/C(=C\c3c(C)cc(C)cc3C)C(=O)N2)c1. The molecule has 0 unspecified atom stereocenters. The molecule has 0 aliphatic carbocycles. The van der Waals surface area contributed by atoms with Crippen LogP contribution in [0.2, 0.25) is 0 Å². The van der Waals surface area contributed by atoms with Crippen molar-refractivity contribution in [3.05, 3.63) is 69.9 Å². The Morgan fingerprint density at radius 1 is 1.08 bits per heavy atom. The summed E-state index contributed by atoms with van der Waals surface area (Å²) in [6.45, 7) is 6.16. The van der Waals surface area contributed by atoms with Gasteiger partial charge in [0.2, 0.25) is 0 Å². The van der Waals surface area contributed by atoms with Crippen LogP contribution in [0.25, 0.3) is 6.08 Å². The molecule has 2 aromatic carbocycles. The van der Waals surface area contributed by atoms with E-state index < -0.39 is 0 Å². The Labute approximate surface area is 141 Å². The van der Waals surface area contributed by atoms with Crippen LogP contribution < -0.4 is 10.1 Å². The van der Waals surface area contributed by atoms with Crippen molar-refractivity contribution in [3.8, 4) is 5.75 Å². The van der Waals surface area contributed by atoms with Gasteiger partial charge in [-0.2, -0.15) is 0 Å². The Morgan fingerprint density at radius 3 is 2.46 bits per heavy atom. The lowest BCUT2D eigenvalue weighted by Gasteiger charge is -2.07. The van der Waals surface area contributed by atoms with Crippen LogP contribution in [-0.2, 0) is 4.79 Å². The van der Waals surface area contributed by atoms with Crippen molar-refractivity contribution in [1.82, 2.24) is 5.32 Å². The zero-order chi connectivity index (χ0) is 17.3. The Hall–Kier alpha value is -2.88. The van der Waals surface area contributed by atoms with Gasteiger partial charge in [-0.05, 0) is 55.7 Å². The fraction of sp³-hybridized carbons (Fsp3) is 0.200. The van der Waals surface area contributed by atoms with E-state index in [0.29, 0.717) is 11.5 Å². The number of methoxy groups -OCH3 is 1. The Bertz CT molecular complexity index is 856. The summed E-state index contributed by atoms with van der Waals surface area (Å²) >= 11 is 0. The van der Waals surface area contributed by atoms with Crippen molar-refractivity contribution in [2.75, 3.05) is 7.11 Å². The van der Waals surface area contributed by atoms with E-state index in [4.69, 9.17) is 4.74 Å². The molecule has 0 radical (unpaired) electrons. The van der Waals surface area contributed by atoms with Gasteiger partial charge >= 0.3 is 0 Å². The molecule has 0 atom stereocenters. The predicted octanol–water partition coefficient (Wildman–Crippen LogP) is 3.54. The van der Waals surface area contributed by atoms with Gasteiger partial charge in [0, 0.05) is 5.56 Å². The first-order valence-corrected chi connectivity index (χ1v) is 7.82. The van der Waals surface area contributed by atoms with E-state index in [2.05, 4.69) is 29.4 Å². The van der Waals surface area contributed by atoms with E-state index in [1.165, 1.54) is 5.56 Å². The molecular formula is C20H20N2O2. The van der Waals surface area contributed by atoms with Crippen LogP contribution in [0.4, 0.5) is 0 Å². The Morgan fingerprint density at radius 2 is 1.79 bits per heavy atom. The second-order valence-electron chi connectivity index (χ2n) is 5.99. The summed E-state index contributed by atoms with van der Waals surface area (Å²) in [7, 11) is 1.61. The second-order valence-corrected chi connectivity index (χ2v) is 5.99. The average Bonchev–Trinajstić information content (AvgIpc) is 2.92. The highest BCUT2D eigenvalue weighted by Crippen LogP contribution is 2.22. The molecule has 1 aliphatic rings. The predicted molar refractivity (Wildman–Crippen MR) is 96.3 cm³/mol. The molecule has 0 saturated carbocycles. The summed E-state index contributed by atoms with van der Waals surface area (Å²) in [5, 5.41) is 2.83. The minimum atomic E-state index is -0.188. The normalized spacial score (nSPS) is 15.4. The van der Waals surface area contributed by atoms with E-state index >= 15 is 0 Å². The van der Waals surface area contributed by atoms with Gasteiger partial charge in [0.05, 0.1) is 7.11 Å². The van der Waals surface area contributed by atoms with Crippen molar-refractivity contribution in [3.63, 3.8) is 0 Å². The van der Waals surface area contributed by atoms with Gasteiger partial charge in [-0.1, -0.05) is 29.8 Å². The number of amides is 1. The smallest absolute Gasteiger partial charge is 0.275 e. The quantitative estimate of drug-likeness (QED) is 0.880. The molecule has 4 nitrogen and oxygen atoms in total. The monoisotopic (exact) mass is 320 g/mol. The van der Waals surface area contributed by atoms with Crippen LogP contribution in [0.5, 0.6) is 5.75 Å². The van der Waals surface area contributed by atoms with Crippen molar-refractivity contribution < 1.29 is 9.53 Å². The molecule has 1 amide bonds. The maximum atomic E-state index is 12.3. The van der Waals surface area contributed by atoms with Crippen LogP contribution in [0.3, 0.4) is 0 Å². The third-order valence-corrected chi connectivity index (χ3v) is 4.06. The van der Waals surface area contributed by atoms with Gasteiger partial charge in [0.25, 0.3) is 5.91 Å². The number of amidine groups is 1. The first kappa shape index (κ1) is 16.0. The average molecular weight is 320 g/mol. The Kier molecular flexibility index (Phi) is 4.21. The van der Waals surface area contributed by atoms with E-state index in [1.54, 1.807) is 7.11 Å². The first-order chi connectivity index (χ1) is 11.5. The van der Waals surface area contributed by atoms with E-state index in [9.17, 15) is 4.79 Å². The maximum Gasteiger partial charge on any atom is 0.275 e. The molecule has 4 heteroatoms. The highest BCUT2D eigenvalue weighted by Gasteiger charge is 2.21. The molecule has 0 bridgehead atoms. The van der Waals surface area contributed by atoms with E-state index in [-0.39, 0.29) is 5.91 Å². The molecular weight excluding hydrogens is 300 g/mol. The van der Waals surface area contributed by atoms with E-state index in [1.807, 2.05) is 44.2 Å². The topological polar surface area (TPSA) is 50.7 Å². The molecule has 1 N–H and O–H groups in total. The van der Waals surface area contributed by atoms with Crippen molar-refractivity contribution in [1.29, 1.82) is 0 Å². The highest BCUT2D eigenvalue weighted by atomic mass is 16.5. The largest absolute Gasteiger partial charge is 0.497 e. The number of hydrogen-bond donors (Lipinski definition) is 1. The van der Waals surface area contributed by atoms with Crippen LogP contribution >= 0.6 is 0 Å². The molecule has 0 spiro atoms. The third-order valence-electron chi connectivity index (χ3n) is 4.06. The summed E-state index contributed by atoms with van der Waals surface area (Å²) in [5.41, 5.74) is 5.77. The van der Waals surface area contributed by atoms with Crippen LogP contribution in [-0.4, -0.2) is 18.9 Å². The number of carbonyl (C=O) groups is 1. The van der Waals surface area contributed by atoms with Crippen LogP contribution in [0.15, 0.2) is 47.1 Å². The molecule has 2 aromatic rings. The summed E-state index contributed by atoms with van der Waals surface area (Å²) in [5.74, 6) is 1.09. The lowest BCUT2D eigenvalue weighted by Crippen LogP contribution is -2.24. The van der Waals surface area contributed by atoms with Gasteiger partial charge in [-0.15, -0.1) is 0 Å². The zero-order valence-corrected chi connectivity index (χ0v) is 14.3. The van der Waals surface area contributed by atoms with Crippen LogP contribution in [0, 0.1) is 20.8 Å². The molecule has 24 heavy (non-hydrogen) atoms. The van der Waals surface area contributed by atoms with Gasteiger partial charge in [0.15, 0.2) is 0 Å². The van der Waals surface area contributed by atoms with Gasteiger partial charge in [-0.25, -0.2) is 4.99 Å². The summed E-state index contributed by atoms with van der Waals surface area (Å²) in [6, 6.07) is 11.7. The molecule has 3 rings (SSSR count). The lowest BCUT2D eigenvalue weighted by molar-refractivity contribution is -0.115. The number of hydrogen-bond acceptors (Lipinski definition) is 3. The molecule has 1 aliphatic heterocycles. The second kappa shape index (κ2) is 6.32. The van der Waals surface area contributed by atoms with Crippen molar-refractivity contribution >= 4 is 17.8 Å². The number of aliphatic imine (C=N–C) groups is 1. The lowest BCUT2D eigenvalue weighted by atomic mass is 9.99. The fourth-order valence-corrected chi connectivity index (χ4v) is 2.93.